The Morgan fingerprint density at radius 3 is 2.61 bits per heavy atom. The highest BCUT2D eigenvalue weighted by Gasteiger charge is 2.08. The molecule has 0 spiro atoms. The summed E-state index contributed by atoms with van der Waals surface area (Å²) >= 11 is 0. The summed E-state index contributed by atoms with van der Waals surface area (Å²) in [6, 6.07) is 6.65. The zero-order chi connectivity index (χ0) is 13.5. The first-order chi connectivity index (χ1) is 8.56. The van der Waals surface area contributed by atoms with Gasteiger partial charge in [0.05, 0.1) is 12.7 Å². The Labute approximate surface area is 105 Å². The van der Waals surface area contributed by atoms with Crippen LogP contribution >= 0.6 is 0 Å². The van der Waals surface area contributed by atoms with E-state index in [4.69, 9.17) is 10.5 Å². The molecule has 0 saturated carbocycles. The lowest BCUT2D eigenvalue weighted by Gasteiger charge is -2.07. The zero-order valence-corrected chi connectivity index (χ0v) is 10.3. The molecule has 5 nitrogen and oxygen atoms in total. The van der Waals surface area contributed by atoms with Gasteiger partial charge in [0.15, 0.2) is 0 Å². The number of hydrogen-bond acceptors (Lipinski definition) is 4. The number of amides is 1. The molecule has 0 heterocycles. The fraction of sp³-hybridized carbons (Fsp3) is 0.231. The van der Waals surface area contributed by atoms with Gasteiger partial charge in [-0.25, -0.2) is 4.79 Å². The number of benzene rings is 1. The van der Waals surface area contributed by atoms with Crippen molar-refractivity contribution < 1.29 is 19.1 Å². The van der Waals surface area contributed by atoms with Gasteiger partial charge in [-0.1, -0.05) is 12.1 Å². The lowest BCUT2D eigenvalue weighted by molar-refractivity contribution is -0.136. The second-order valence-corrected chi connectivity index (χ2v) is 3.55. The van der Waals surface area contributed by atoms with Crippen molar-refractivity contribution in [3.05, 3.63) is 41.5 Å². The highest BCUT2D eigenvalue weighted by Crippen LogP contribution is 2.17. The summed E-state index contributed by atoms with van der Waals surface area (Å²) in [5, 5.41) is 0. The summed E-state index contributed by atoms with van der Waals surface area (Å²) in [5.41, 5.74) is 5.95. The topological polar surface area (TPSA) is 78.6 Å². The molecule has 1 rings (SSSR count). The minimum atomic E-state index is -0.556. The van der Waals surface area contributed by atoms with E-state index in [0.717, 1.165) is 0 Å². The second kappa shape index (κ2) is 6.44. The molecule has 1 aromatic rings. The molecule has 0 aromatic heterocycles. The maximum atomic E-state index is 11.1. The second-order valence-electron chi connectivity index (χ2n) is 3.55. The van der Waals surface area contributed by atoms with Crippen molar-refractivity contribution >= 4 is 11.9 Å². The third kappa shape index (κ3) is 3.62. The molecule has 18 heavy (non-hydrogen) atoms. The Balaban J connectivity index is 2.70. The van der Waals surface area contributed by atoms with E-state index in [-0.39, 0.29) is 6.61 Å². The Morgan fingerprint density at radius 2 is 2.00 bits per heavy atom. The minimum absolute atomic E-state index is 0.158. The van der Waals surface area contributed by atoms with Gasteiger partial charge in [-0.3, -0.25) is 4.79 Å². The molecule has 0 saturated heterocycles. The Kier molecular flexibility index (Phi) is 4.92. The van der Waals surface area contributed by atoms with Crippen LogP contribution in [0.1, 0.15) is 17.3 Å². The van der Waals surface area contributed by atoms with E-state index in [9.17, 15) is 9.59 Å². The van der Waals surface area contributed by atoms with Gasteiger partial charge >= 0.3 is 5.97 Å². The quantitative estimate of drug-likeness (QED) is 0.630. The predicted molar refractivity (Wildman–Crippen MR) is 66.2 cm³/mol. The maximum Gasteiger partial charge on any atom is 0.333 e. The number of hydrogen-bond donors (Lipinski definition) is 1. The Hall–Kier alpha value is -2.30. The number of carbonyl (C=O) groups excluding carboxylic acids is 2. The standard InChI is InChI=1S/C13H15NO4/c1-9(13(16)17-2)7-8-18-11-6-4-3-5-10(11)12(14)15/h3-7H,8H2,1-2H3,(H2,14,15). The summed E-state index contributed by atoms with van der Waals surface area (Å²) < 4.78 is 9.92. The fourth-order valence-corrected chi connectivity index (χ4v) is 1.30. The highest BCUT2D eigenvalue weighted by molar-refractivity contribution is 5.95. The van der Waals surface area contributed by atoms with Gasteiger partial charge in [0.25, 0.3) is 5.91 Å². The molecule has 1 amide bonds. The summed E-state index contributed by atoms with van der Waals surface area (Å²) in [7, 11) is 1.31. The van der Waals surface area contributed by atoms with Gasteiger partial charge in [-0.2, -0.15) is 0 Å². The third-order valence-corrected chi connectivity index (χ3v) is 2.29. The number of para-hydroxylation sites is 1. The molecule has 1 aromatic carbocycles. The first kappa shape index (κ1) is 13.8. The van der Waals surface area contributed by atoms with Crippen LogP contribution in [-0.4, -0.2) is 25.6 Å². The van der Waals surface area contributed by atoms with E-state index in [1.807, 2.05) is 0 Å². The normalized spacial score (nSPS) is 10.9. The lowest BCUT2D eigenvalue weighted by atomic mass is 10.2. The smallest absolute Gasteiger partial charge is 0.333 e. The van der Waals surface area contributed by atoms with Crippen LogP contribution in [0.2, 0.25) is 0 Å². The van der Waals surface area contributed by atoms with Crippen LogP contribution in [0.25, 0.3) is 0 Å². The first-order valence-electron chi connectivity index (χ1n) is 5.33. The fourth-order valence-electron chi connectivity index (χ4n) is 1.30. The number of methoxy groups -OCH3 is 1. The zero-order valence-electron chi connectivity index (χ0n) is 10.3. The summed E-state index contributed by atoms with van der Waals surface area (Å²) in [6.45, 7) is 1.78. The van der Waals surface area contributed by atoms with Crippen LogP contribution in [0.5, 0.6) is 5.75 Å². The molecule has 5 heteroatoms. The third-order valence-electron chi connectivity index (χ3n) is 2.29. The van der Waals surface area contributed by atoms with Crippen LogP contribution in [0, 0.1) is 0 Å². The van der Waals surface area contributed by atoms with Gasteiger partial charge in [0, 0.05) is 5.57 Å². The van der Waals surface area contributed by atoms with Crippen LogP contribution in [0.4, 0.5) is 0 Å². The van der Waals surface area contributed by atoms with Crippen molar-refractivity contribution in [3.8, 4) is 5.75 Å². The molecule has 0 unspecified atom stereocenters. The van der Waals surface area contributed by atoms with Crippen LogP contribution < -0.4 is 10.5 Å². The molecule has 96 valence electrons. The SMILES string of the molecule is COC(=O)C(C)=CCOc1ccccc1C(N)=O. The van der Waals surface area contributed by atoms with Gasteiger partial charge < -0.3 is 15.2 Å². The molecule has 2 N–H and O–H groups in total. The molecule has 0 atom stereocenters. The van der Waals surface area contributed by atoms with E-state index in [1.54, 1.807) is 37.3 Å². The largest absolute Gasteiger partial charge is 0.489 e. The van der Waals surface area contributed by atoms with Gasteiger partial charge in [-0.05, 0) is 25.1 Å². The van der Waals surface area contributed by atoms with Gasteiger partial charge in [0.1, 0.15) is 12.4 Å². The monoisotopic (exact) mass is 249 g/mol. The number of primary amides is 1. The van der Waals surface area contributed by atoms with Crippen molar-refractivity contribution in [1.82, 2.24) is 0 Å². The van der Waals surface area contributed by atoms with Crippen LogP contribution in [0.15, 0.2) is 35.9 Å². The molecule has 0 aliphatic rings. The number of nitrogens with two attached hydrogens (primary N) is 1. The van der Waals surface area contributed by atoms with Crippen molar-refractivity contribution in [2.75, 3.05) is 13.7 Å². The number of rotatable bonds is 5. The van der Waals surface area contributed by atoms with Gasteiger partial charge in [0.2, 0.25) is 0 Å². The van der Waals surface area contributed by atoms with E-state index >= 15 is 0 Å². The van der Waals surface area contributed by atoms with Crippen LogP contribution in [-0.2, 0) is 9.53 Å². The van der Waals surface area contributed by atoms with Crippen molar-refractivity contribution in [1.29, 1.82) is 0 Å². The molecule has 0 fully saturated rings. The molecule has 0 radical (unpaired) electrons. The summed E-state index contributed by atoms with van der Waals surface area (Å²) in [4.78, 5) is 22.2. The maximum absolute atomic E-state index is 11.1. The molecular formula is C13H15NO4. The number of esters is 1. The van der Waals surface area contributed by atoms with E-state index in [0.29, 0.717) is 16.9 Å². The van der Waals surface area contributed by atoms with Crippen molar-refractivity contribution in [2.24, 2.45) is 5.73 Å². The highest BCUT2D eigenvalue weighted by atomic mass is 16.5. The average molecular weight is 249 g/mol. The lowest BCUT2D eigenvalue weighted by Crippen LogP contribution is -2.13. The molecule has 0 aliphatic carbocycles. The summed E-state index contributed by atoms with van der Waals surface area (Å²) in [5.74, 6) is -0.583. The summed E-state index contributed by atoms with van der Waals surface area (Å²) in [6.07, 6.45) is 1.57. The van der Waals surface area contributed by atoms with E-state index in [2.05, 4.69) is 4.74 Å². The van der Waals surface area contributed by atoms with Gasteiger partial charge in [-0.15, -0.1) is 0 Å². The first-order valence-corrected chi connectivity index (χ1v) is 5.33. The molecule has 0 bridgehead atoms. The molecule has 0 aliphatic heterocycles. The number of ether oxygens (including phenoxy) is 2. The average Bonchev–Trinajstić information content (AvgIpc) is 2.38. The van der Waals surface area contributed by atoms with Crippen molar-refractivity contribution in [3.63, 3.8) is 0 Å². The van der Waals surface area contributed by atoms with Crippen molar-refractivity contribution in [2.45, 2.75) is 6.92 Å². The number of carbonyl (C=O) groups is 2. The van der Waals surface area contributed by atoms with E-state index in [1.165, 1.54) is 7.11 Å². The molecular weight excluding hydrogens is 234 g/mol. The van der Waals surface area contributed by atoms with E-state index < -0.39 is 11.9 Å². The Morgan fingerprint density at radius 1 is 1.33 bits per heavy atom. The predicted octanol–water partition coefficient (Wildman–Crippen LogP) is 1.28. The Bertz CT molecular complexity index is 480. The minimum Gasteiger partial charge on any atom is -0.489 e. The van der Waals surface area contributed by atoms with Crippen LogP contribution in [0.3, 0.4) is 0 Å².